The smallest absolute Gasteiger partial charge is 0.248 e. The highest BCUT2D eigenvalue weighted by molar-refractivity contribution is 5.98. The van der Waals surface area contributed by atoms with Gasteiger partial charge in [-0.05, 0) is 37.8 Å². The van der Waals surface area contributed by atoms with Gasteiger partial charge in [0.15, 0.2) is 5.96 Å². The molecular weight excluding hydrogens is 342 g/mol. The number of hydrogen-bond acceptors (Lipinski definition) is 3. The summed E-state index contributed by atoms with van der Waals surface area (Å²) in [5, 5.41) is 6.43. The minimum absolute atomic E-state index is 0.0137. The molecule has 0 saturated carbocycles. The first kappa shape index (κ1) is 19.2. The summed E-state index contributed by atoms with van der Waals surface area (Å²) in [4.78, 5) is 32.4. The highest BCUT2D eigenvalue weighted by Crippen LogP contribution is 2.27. The molecule has 2 N–H and O–H groups in total. The van der Waals surface area contributed by atoms with Crippen molar-refractivity contribution in [2.75, 3.05) is 44.2 Å². The first-order chi connectivity index (χ1) is 13.2. The number of carbonyl (C=O) groups excluding carboxylic acids is 2. The Morgan fingerprint density at radius 1 is 1.19 bits per heavy atom. The van der Waals surface area contributed by atoms with Gasteiger partial charge in [0, 0.05) is 44.8 Å². The molecule has 0 aliphatic carbocycles. The van der Waals surface area contributed by atoms with Crippen LogP contribution in [0, 0.1) is 0 Å². The zero-order chi connectivity index (χ0) is 19.1. The highest BCUT2D eigenvalue weighted by atomic mass is 16.2. The van der Waals surface area contributed by atoms with Gasteiger partial charge in [0.05, 0.1) is 0 Å². The SMILES string of the molecule is CCNC(=NCC(=O)N1CCc2ccccc21)NCCCN1CCCC1=O. The van der Waals surface area contributed by atoms with Crippen LogP contribution in [0.1, 0.15) is 31.7 Å². The molecule has 1 aromatic rings. The Kier molecular flexibility index (Phi) is 6.68. The molecule has 2 heterocycles. The van der Waals surface area contributed by atoms with Gasteiger partial charge >= 0.3 is 0 Å². The second-order valence-corrected chi connectivity index (χ2v) is 6.88. The number of para-hydroxylation sites is 1. The summed E-state index contributed by atoms with van der Waals surface area (Å²) in [6.45, 7) is 5.94. The molecule has 1 aromatic carbocycles. The van der Waals surface area contributed by atoms with E-state index in [1.165, 1.54) is 5.56 Å². The van der Waals surface area contributed by atoms with Gasteiger partial charge in [-0.25, -0.2) is 4.99 Å². The van der Waals surface area contributed by atoms with Crippen LogP contribution in [0.4, 0.5) is 5.69 Å². The lowest BCUT2D eigenvalue weighted by Crippen LogP contribution is -2.40. The number of anilines is 1. The van der Waals surface area contributed by atoms with E-state index >= 15 is 0 Å². The number of benzene rings is 1. The van der Waals surface area contributed by atoms with Crippen molar-refractivity contribution in [2.45, 2.75) is 32.6 Å². The summed E-state index contributed by atoms with van der Waals surface area (Å²) in [5.74, 6) is 0.915. The molecule has 0 spiro atoms. The van der Waals surface area contributed by atoms with E-state index in [4.69, 9.17) is 0 Å². The Morgan fingerprint density at radius 3 is 2.81 bits per heavy atom. The fourth-order valence-electron chi connectivity index (χ4n) is 3.59. The minimum atomic E-state index is 0.0137. The molecule has 3 rings (SSSR count). The molecule has 27 heavy (non-hydrogen) atoms. The van der Waals surface area contributed by atoms with Crippen molar-refractivity contribution in [3.05, 3.63) is 29.8 Å². The van der Waals surface area contributed by atoms with E-state index < -0.39 is 0 Å². The number of nitrogens with one attached hydrogen (secondary N) is 2. The zero-order valence-electron chi connectivity index (χ0n) is 16.0. The Morgan fingerprint density at radius 2 is 2.04 bits per heavy atom. The van der Waals surface area contributed by atoms with Crippen LogP contribution in [-0.4, -0.2) is 61.9 Å². The molecule has 0 radical (unpaired) electrons. The molecule has 7 nitrogen and oxygen atoms in total. The third-order valence-corrected chi connectivity index (χ3v) is 4.97. The van der Waals surface area contributed by atoms with Crippen LogP contribution in [0.5, 0.6) is 0 Å². The number of rotatable bonds is 7. The maximum Gasteiger partial charge on any atom is 0.248 e. The van der Waals surface area contributed by atoms with Gasteiger partial charge in [-0.1, -0.05) is 18.2 Å². The van der Waals surface area contributed by atoms with Crippen LogP contribution in [0.15, 0.2) is 29.3 Å². The third kappa shape index (κ3) is 4.99. The predicted octanol–water partition coefficient (Wildman–Crippen LogP) is 1.14. The van der Waals surface area contributed by atoms with Gasteiger partial charge in [0.25, 0.3) is 0 Å². The lowest BCUT2D eigenvalue weighted by atomic mass is 10.2. The molecule has 146 valence electrons. The van der Waals surface area contributed by atoms with Gasteiger partial charge < -0.3 is 20.4 Å². The minimum Gasteiger partial charge on any atom is -0.357 e. The zero-order valence-corrected chi connectivity index (χ0v) is 16.0. The van der Waals surface area contributed by atoms with Crippen molar-refractivity contribution in [3.8, 4) is 0 Å². The standard InChI is InChI=1S/C20H29N5O2/c1-2-21-20(22-11-6-13-24-12-5-9-18(24)26)23-15-19(27)25-14-10-16-7-3-4-8-17(16)25/h3-4,7-8H,2,5-6,9-15H2,1H3,(H2,21,22,23). The van der Waals surface area contributed by atoms with E-state index in [0.29, 0.717) is 12.4 Å². The number of nitrogens with zero attached hydrogens (tertiary/aromatic N) is 3. The summed E-state index contributed by atoms with van der Waals surface area (Å²) >= 11 is 0. The number of amides is 2. The van der Waals surface area contributed by atoms with Crippen LogP contribution >= 0.6 is 0 Å². The average Bonchev–Trinajstić information content (AvgIpc) is 3.29. The Bertz CT molecular complexity index is 703. The number of carbonyl (C=O) groups is 2. The number of hydrogen-bond donors (Lipinski definition) is 2. The normalized spacial score (nSPS) is 16.6. The average molecular weight is 371 g/mol. The van der Waals surface area contributed by atoms with Crippen molar-refractivity contribution >= 4 is 23.5 Å². The summed E-state index contributed by atoms with van der Waals surface area (Å²) in [7, 11) is 0. The Hall–Kier alpha value is -2.57. The van der Waals surface area contributed by atoms with E-state index in [2.05, 4.69) is 21.7 Å². The fraction of sp³-hybridized carbons (Fsp3) is 0.550. The van der Waals surface area contributed by atoms with Crippen molar-refractivity contribution in [1.82, 2.24) is 15.5 Å². The maximum absolute atomic E-state index is 12.6. The lowest BCUT2D eigenvalue weighted by molar-refractivity contribution is -0.127. The molecule has 2 amide bonds. The number of aliphatic imine (C=N–C) groups is 1. The van der Waals surface area contributed by atoms with Crippen molar-refractivity contribution in [2.24, 2.45) is 4.99 Å². The molecule has 1 fully saturated rings. The molecule has 0 unspecified atom stereocenters. The molecule has 1 saturated heterocycles. The monoisotopic (exact) mass is 371 g/mol. The third-order valence-electron chi connectivity index (χ3n) is 4.97. The molecule has 2 aliphatic heterocycles. The summed E-state index contributed by atoms with van der Waals surface area (Å²) in [6.07, 6.45) is 3.42. The molecule has 0 bridgehead atoms. The van der Waals surface area contributed by atoms with Gasteiger partial charge in [-0.3, -0.25) is 9.59 Å². The summed E-state index contributed by atoms with van der Waals surface area (Å²) in [5.41, 5.74) is 2.22. The van der Waals surface area contributed by atoms with E-state index in [1.54, 1.807) is 0 Å². The van der Waals surface area contributed by atoms with Gasteiger partial charge in [0.1, 0.15) is 6.54 Å². The molecule has 2 aliphatic rings. The van der Waals surface area contributed by atoms with E-state index in [0.717, 1.165) is 57.7 Å². The van der Waals surface area contributed by atoms with Crippen molar-refractivity contribution < 1.29 is 9.59 Å². The summed E-state index contributed by atoms with van der Waals surface area (Å²) < 4.78 is 0. The molecular formula is C20H29N5O2. The molecule has 7 heteroatoms. The Labute approximate surface area is 160 Å². The molecule has 0 atom stereocenters. The second kappa shape index (κ2) is 9.39. The highest BCUT2D eigenvalue weighted by Gasteiger charge is 2.23. The van der Waals surface area contributed by atoms with Gasteiger partial charge in [-0.15, -0.1) is 0 Å². The van der Waals surface area contributed by atoms with Crippen LogP contribution in [0.3, 0.4) is 0 Å². The van der Waals surface area contributed by atoms with Crippen molar-refractivity contribution in [3.63, 3.8) is 0 Å². The Balaban J connectivity index is 1.47. The van der Waals surface area contributed by atoms with Crippen LogP contribution in [-0.2, 0) is 16.0 Å². The van der Waals surface area contributed by atoms with Gasteiger partial charge in [-0.2, -0.15) is 0 Å². The fourth-order valence-corrected chi connectivity index (χ4v) is 3.59. The first-order valence-electron chi connectivity index (χ1n) is 9.87. The number of guanidine groups is 1. The van der Waals surface area contributed by atoms with Gasteiger partial charge in [0.2, 0.25) is 11.8 Å². The van der Waals surface area contributed by atoms with Crippen LogP contribution in [0.25, 0.3) is 0 Å². The van der Waals surface area contributed by atoms with E-state index in [9.17, 15) is 9.59 Å². The van der Waals surface area contributed by atoms with E-state index in [1.807, 2.05) is 34.9 Å². The molecule has 0 aromatic heterocycles. The quantitative estimate of drug-likeness (QED) is 0.428. The number of likely N-dealkylation sites (tertiary alicyclic amines) is 1. The number of fused-ring (bicyclic) bond motifs is 1. The lowest BCUT2D eigenvalue weighted by Gasteiger charge is -2.18. The van der Waals surface area contributed by atoms with Crippen LogP contribution in [0.2, 0.25) is 0 Å². The largest absolute Gasteiger partial charge is 0.357 e. The predicted molar refractivity (Wildman–Crippen MR) is 107 cm³/mol. The summed E-state index contributed by atoms with van der Waals surface area (Å²) in [6, 6.07) is 8.04. The topological polar surface area (TPSA) is 77.0 Å². The maximum atomic E-state index is 12.6. The van der Waals surface area contributed by atoms with E-state index in [-0.39, 0.29) is 18.4 Å². The van der Waals surface area contributed by atoms with Crippen molar-refractivity contribution in [1.29, 1.82) is 0 Å². The first-order valence-corrected chi connectivity index (χ1v) is 9.87. The second-order valence-electron chi connectivity index (χ2n) is 6.88. The van der Waals surface area contributed by atoms with Crippen LogP contribution < -0.4 is 15.5 Å².